The van der Waals surface area contributed by atoms with Crippen molar-refractivity contribution >= 4 is 5.57 Å². The van der Waals surface area contributed by atoms with Crippen LogP contribution in [-0.2, 0) is 6.42 Å². The predicted molar refractivity (Wildman–Crippen MR) is 85.0 cm³/mol. The molecule has 0 N–H and O–H groups in total. The van der Waals surface area contributed by atoms with Gasteiger partial charge in [-0.1, -0.05) is 67.3 Å². The SMILES string of the molecule is C=CC1=C(C)c2ccccc2C/C1=C\C=C(\C)C=C. The molecule has 1 aliphatic rings. The van der Waals surface area contributed by atoms with Crippen molar-refractivity contribution in [3.63, 3.8) is 0 Å². The van der Waals surface area contributed by atoms with E-state index in [9.17, 15) is 0 Å². The Hall–Kier alpha value is -2.08. The van der Waals surface area contributed by atoms with Gasteiger partial charge in [-0.25, -0.2) is 0 Å². The normalized spacial score (nSPS) is 17.4. The van der Waals surface area contributed by atoms with Gasteiger partial charge >= 0.3 is 0 Å². The van der Waals surface area contributed by atoms with Crippen molar-refractivity contribution in [2.45, 2.75) is 20.3 Å². The summed E-state index contributed by atoms with van der Waals surface area (Å²) in [7, 11) is 0. The first kappa shape index (κ1) is 13.4. The third kappa shape index (κ3) is 2.68. The summed E-state index contributed by atoms with van der Waals surface area (Å²) in [6, 6.07) is 8.60. The number of rotatable bonds is 3. The van der Waals surface area contributed by atoms with E-state index < -0.39 is 0 Å². The zero-order valence-corrected chi connectivity index (χ0v) is 11.7. The minimum atomic E-state index is 0.968. The van der Waals surface area contributed by atoms with Crippen molar-refractivity contribution in [3.05, 3.63) is 89.6 Å². The van der Waals surface area contributed by atoms with Crippen LogP contribution in [0.4, 0.5) is 0 Å². The van der Waals surface area contributed by atoms with Crippen LogP contribution in [0.5, 0.6) is 0 Å². The van der Waals surface area contributed by atoms with E-state index in [2.05, 4.69) is 63.4 Å². The maximum Gasteiger partial charge on any atom is -0.00137 e. The maximum absolute atomic E-state index is 3.97. The average molecular weight is 248 g/mol. The van der Waals surface area contributed by atoms with Crippen LogP contribution in [0.25, 0.3) is 5.57 Å². The largest absolute Gasteiger partial charge is 0.0988 e. The Kier molecular flexibility index (Phi) is 4.01. The van der Waals surface area contributed by atoms with Crippen LogP contribution in [-0.4, -0.2) is 0 Å². The van der Waals surface area contributed by atoms with Gasteiger partial charge in [0, 0.05) is 0 Å². The third-order valence-corrected chi connectivity index (χ3v) is 3.63. The van der Waals surface area contributed by atoms with Crippen LogP contribution in [0.1, 0.15) is 25.0 Å². The molecule has 0 saturated carbocycles. The molecule has 1 aromatic rings. The van der Waals surface area contributed by atoms with Crippen molar-refractivity contribution in [2.75, 3.05) is 0 Å². The first-order chi connectivity index (χ1) is 9.17. The Balaban J connectivity index is 2.53. The molecule has 0 atom stereocenters. The van der Waals surface area contributed by atoms with E-state index >= 15 is 0 Å². The van der Waals surface area contributed by atoms with Crippen molar-refractivity contribution < 1.29 is 0 Å². The molecule has 0 bridgehead atoms. The quantitative estimate of drug-likeness (QED) is 0.640. The van der Waals surface area contributed by atoms with E-state index in [1.165, 1.54) is 33.4 Å². The highest BCUT2D eigenvalue weighted by molar-refractivity contribution is 5.79. The fourth-order valence-electron chi connectivity index (χ4n) is 2.46. The Morgan fingerprint density at radius 1 is 1.21 bits per heavy atom. The molecule has 0 heterocycles. The van der Waals surface area contributed by atoms with Crippen LogP contribution in [0.2, 0.25) is 0 Å². The summed E-state index contributed by atoms with van der Waals surface area (Å²) in [6.07, 6.45) is 9.11. The van der Waals surface area contributed by atoms with Crippen LogP contribution in [0.3, 0.4) is 0 Å². The molecule has 1 aliphatic carbocycles. The highest BCUT2D eigenvalue weighted by Crippen LogP contribution is 2.34. The van der Waals surface area contributed by atoms with E-state index in [0.29, 0.717) is 0 Å². The molecule has 0 radical (unpaired) electrons. The lowest BCUT2D eigenvalue weighted by atomic mass is 9.82. The number of allylic oxidation sites excluding steroid dienone is 8. The average Bonchev–Trinajstić information content (AvgIpc) is 2.45. The molecule has 0 aliphatic heterocycles. The molecular weight excluding hydrogens is 228 g/mol. The van der Waals surface area contributed by atoms with Gasteiger partial charge in [0.15, 0.2) is 0 Å². The van der Waals surface area contributed by atoms with Crippen LogP contribution in [0.15, 0.2) is 78.4 Å². The number of hydrogen-bond acceptors (Lipinski definition) is 0. The molecule has 0 saturated heterocycles. The highest BCUT2D eigenvalue weighted by Gasteiger charge is 2.17. The third-order valence-electron chi connectivity index (χ3n) is 3.63. The number of fused-ring (bicyclic) bond motifs is 1. The van der Waals surface area contributed by atoms with Crippen LogP contribution in [0, 0.1) is 0 Å². The minimum absolute atomic E-state index is 0.968. The van der Waals surface area contributed by atoms with Gasteiger partial charge in [0.25, 0.3) is 0 Å². The van der Waals surface area contributed by atoms with Crippen molar-refractivity contribution in [1.82, 2.24) is 0 Å². The number of benzene rings is 1. The van der Waals surface area contributed by atoms with E-state index in [0.717, 1.165) is 6.42 Å². The highest BCUT2D eigenvalue weighted by atomic mass is 14.2. The number of hydrogen-bond donors (Lipinski definition) is 0. The summed E-state index contributed by atoms with van der Waals surface area (Å²) in [4.78, 5) is 0. The Morgan fingerprint density at radius 2 is 1.95 bits per heavy atom. The second-order valence-corrected chi connectivity index (χ2v) is 4.88. The van der Waals surface area contributed by atoms with Crippen molar-refractivity contribution in [3.8, 4) is 0 Å². The summed E-state index contributed by atoms with van der Waals surface area (Å²) in [5, 5.41) is 0. The van der Waals surface area contributed by atoms with E-state index in [1.807, 2.05) is 12.2 Å². The first-order valence-electron chi connectivity index (χ1n) is 6.59. The summed E-state index contributed by atoms with van der Waals surface area (Å²) in [6.45, 7) is 12.0. The van der Waals surface area contributed by atoms with Gasteiger partial charge in [-0.15, -0.1) is 0 Å². The van der Waals surface area contributed by atoms with Crippen LogP contribution < -0.4 is 0 Å². The summed E-state index contributed by atoms with van der Waals surface area (Å²) in [5.41, 5.74) is 7.81. The van der Waals surface area contributed by atoms with Crippen LogP contribution >= 0.6 is 0 Å². The molecule has 2 rings (SSSR count). The lowest BCUT2D eigenvalue weighted by Gasteiger charge is -2.22. The fourth-order valence-corrected chi connectivity index (χ4v) is 2.46. The standard InChI is InChI=1S/C19H20/c1-5-14(3)11-12-17-13-16-9-7-8-10-19(16)15(4)18(17)6-2/h5-12H,1-2,13H2,3-4H3/b14-11-,17-12+. The molecule has 0 aromatic heterocycles. The molecule has 0 amide bonds. The Morgan fingerprint density at radius 3 is 2.63 bits per heavy atom. The van der Waals surface area contributed by atoms with Gasteiger partial charge in [0.2, 0.25) is 0 Å². The van der Waals surface area contributed by atoms with Crippen molar-refractivity contribution in [2.24, 2.45) is 0 Å². The lowest BCUT2D eigenvalue weighted by molar-refractivity contribution is 1.12. The fraction of sp³-hybridized carbons (Fsp3) is 0.158. The second-order valence-electron chi connectivity index (χ2n) is 4.88. The van der Waals surface area contributed by atoms with Gasteiger partial charge in [0.1, 0.15) is 0 Å². The molecule has 0 fully saturated rings. The van der Waals surface area contributed by atoms with Crippen molar-refractivity contribution in [1.29, 1.82) is 0 Å². The van der Waals surface area contributed by atoms with Gasteiger partial charge in [0.05, 0.1) is 0 Å². The van der Waals surface area contributed by atoms with Gasteiger partial charge in [-0.2, -0.15) is 0 Å². The zero-order chi connectivity index (χ0) is 13.8. The summed E-state index contributed by atoms with van der Waals surface area (Å²) in [5.74, 6) is 0. The molecule has 1 aromatic carbocycles. The van der Waals surface area contributed by atoms with Gasteiger partial charge in [-0.3, -0.25) is 0 Å². The Bertz CT molecular complexity index is 607. The van der Waals surface area contributed by atoms with E-state index in [1.54, 1.807) is 0 Å². The molecule has 96 valence electrons. The first-order valence-corrected chi connectivity index (χ1v) is 6.59. The van der Waals surface area contributed by atoms with Gasteiger partial charge < -0.3 is 0 Å². The molecule has 0 heteroatoms. The Labute approximate surface area is 116 Å². The zero-order valence-electron chi connectivity index (χ0n) is 11.7. The minimum Gasteiger partial charge on any atom is -0.0988 e. The lowest BCUT2D eigenvalue weighted by Crippen LogP contribution is -2.05. The van der Waals surface area contributed by atoms with E-state index in [-0.39, 0.29) is 0 Å². The monoisotopic (exact) mass is 248 g/mol. The smallest absolute Gasteiger partial charge is 0.00137 e. The van der Waals surface area contributed by atoms with E-state index in [4.69, 9.17) is 0 Å². The molecular formula is C19H20. The second kappa shape index (κ2) is 5.71. The maximum atomic E-state index is 3.97. The molecule has 0 spiro atoms. The molecule has 0 nitrogen and oxygen atoms in total. The summed E-state index contributed by atoms with van der Waals surface area (Å²) >= 11 is 0. The summed E-state index contributed by atoms with van der Waals surface area (Å²) < 4.78 is 0. The predicted octanol–water partition coefficient (Wildman–Crippen LogP) is 5.26. The topological polar surface area (TPSA) is 0 Å². The molecule has 19 heavy (non-hydrogen) atoms. The van der Waals surface area contributed by atoms with Gasteiger partial charge in [-0.05, 0) is 48.1 Å². The molecule has 0 unspecified atom stereocenters.